The average molecular weight is 364 g/mol. The van der Waals surface area contributed by atoms with Crippen LogP contribution in [0.25, 0.3) is 0 Å². The zero-order valence-electron chi connectivity index (χ0n) is 10.5. The van der Waals surface area contributed by atoms with Gasteiger partial charge in [0.1, 0.15) is 5.82 Å². The van der Waals surface area contributed by atoms with E-state index in [4.69, 9.17) is 0 Å². The fourth-order valence-electron chi connectivity index (χ4n) is 1.68. The molecule has 2 aromatic rings. The van der Waals surface area contributed by atoms with Crippen LogP contribution in [0.2, 0.25) is 0 Å². The first kappa shape index (κ1) is 15.6. The fourth-order valence-corrected chi connectivity index (χ4v) is 2.02. The van der Waals surface area contributed by atoms with Crippen LogP contribution >= 0.6 is 15.9 Å². The van der Waals surface area contributed by atoms with Gasteiger partial charge >= 0.3 is 6.36 Å². The molecule has 0 saturated carbocycles. The van der Waals surface area contributed by atoms with Gasteiger partial charge in [-0.3, -0.25) is 0 Å². The highest BCUT2D eigenvalue weighted by Crippen LogP contribution is 2.33. The zero-order chi connectivity index (χ0) is 15.5. The van der Waals surface area contributed by atoms with E-state index in [9.17, 15) is 17.6 Å². The Morgan fingerprint density at radius 3 is 2.48 bits per heavy atom. The summed E-state index contributed by atoms with van der Waals surface area (Å²) < 4.78 is 54.9. The quantitative estimate of drug-likeness (QED) is 0.763. The van der Waals surface area contributed by atoms with Crippen LogP contribution in [0.3, 0.4) is 0 Å². The van der Waals surface area contributed by atoms with Gasteiger partial charge < -0.3 is 10.1 Å². The first-order valence-corrected chi connectivity index (χ1v) is 6.67. The molecule has 1 N–H and O–H groups in total. The van der Waals surface area contributed by atoms with E-state index in [1.165, 1.54) is 24.3 Å². The van der Waals surface area contributed by atoms with Gasteiger partial charge in [-0.05, 0) is 24.3 Å². The zero-order valence-corrected chi connectivity index (χ0v) is 12.1. The standard InChI is InChI=1S/C14H10BrF4NO/c15-10-5-6-12(13(7-10)21-14(17,18)19)20-8-9-3-1-2-4-11(9)16/h1-7,20H,8H2. The summed E-state index contributed by atoms with van der Waals surface area (Å²) in [5.41, 5.74) is 0.470. The Bertz CT molecular complexity index is 631. The molecular weight excluding hydrogens is 354 g/mol. The largest absolute Gasteiger partial charge is 0.573 e. The smallest absolute Gasteiger partial charge is 0.404 e. The molecule has 0 aliphatic rings. The summed E-state index contributed by atoms with van der Waals surface area (Å²) in [4.78, 5) is 0. The van der Waals surface area contributed by atoms with Gasteiger partial charge in [0.2, 0.25) is 0 Å². The third kappa shape index (κ3) is 4.63. The molecule has 0 bridgehead atoms. The van der Waals surface area contributed by atoms with E-state index in [0.29, 0.717) is 10.0 Å². The molecule has 0 spiro atoms. The lowest BCUT2D eigenvalue weighted by atomic mass is 10.2. The summed E-state index contributed by atoms with van der Waals surface area (Å²) in [6.45, 7) is 0.0442. The second-order valence-corrected chi connectivity index (χ2v) is 5.05. The second kappa shape index (κ2) is 6.34. The maximum atomic E-state index is 13.5. The summed E-state index contributed by atoms with van der Waals surface area (Å²) in [7, 11) is 0. The number of benzene rings is 2. The highest BCUT2D eigenvalue weighted by atomic mass is 79.9. The molecule has 0 radical (unpaired) electrons. The monoisotopic (exact) mass is 363 g/mol. The summed E-state index contributed by atoms with van der Waals surface area (Å²) in [6.07, 6.45) is -4.80. The third-order valence-electron chi connectivity index (χ3n) is 2.60. The lowest BCUT2D eigenvalue weighted by Gasteiger charge is -2.15. The van der Waals surface area contributed by atoms with Crippen LogP contribution in [0.15, 0.2) is 46.9 Å². The summed E-state index contributed by atoms with van der Waals surface area (Å²) in [6, 6.07) is 10.2. The summed E-state index contributed by atoms with van der Waals surface area (Å²) >= 11 is 3.08. The first-order chi connectivity index (χ1) is 9.85. The maximum absolute atomic E-state index is 13.5. The van der Waals surface area contributed by atoms with Gasteiger partial charge in [-0.2, -0.15) is 0 Å². The van der Waals surface area contributed by atoms with Gasteiger partial charge in [0.05, 0.1) is 5.69 Å². The van der Waals surface area contributed by atoms with Crippen LogP contribution in [-0.2, 0) is 6.54 Å². The van der Waals surface area contributed by atoms with Crippen molar-refractivity contribution in [3.8, 4) is 5.75 Å². The minimum absolute atomic E-state index is 0.0442. The molecule has 0 unspecified atom stereocenters. The molecule has 0 amide bonds. The van der Waals surface area contributed by atoms with E-state index < -0.39 is 12.2 Å². The number of rotatable bonds is 4. The van der Waals surface area contributed by atoms with Gasteiger partial charge in [-0.25, -0.2) is 4.39 Å². The number of alkyl halides is 3. The van der Waals surface area contributed by atoms with Crippen LogP contribution in [-0.4, -0.2) is 6.36 Å². The molecule has 0 heterocycles. The minimum Gasteiger partial charge on any atom is -0.404 e. The van der Waals surface area contributed by atoms with Crippen molar-refractivity contribution in [2.75, 3.05) is 5.32 Å². The molecule has 0 aliphatic heterocycles. The van der Waals surface area contributed by atoms with Crippen molar-refractivity contribution in [3.05, 3.63) is 58.3 Å². The van der Waals surface area contributed by atoms with Crippen molar-refractivity contribution in [1.29, 1.82) is 0 Å². The average Bonchev–Trinajstić information content (AvgIpc) is 2.38. The predicted octanol–water partition coefficient (Wildman–Crippen LogP) is 5.10. The molecular formula is C14H10BrF4NO. The van der Waals surface area contributed by atoms with Crippen molar-refractivity contribution in [2.24, 2.45) is 0 Å². The first-order valence-electron chi connectivity index (χ1n) is 5.88. The number of nitrogens with one attached hydrogen (secondary N) is 1. The van der Waals surface area contributed by atoms with Crippen LogP contribution in [0.1, 0.15) is 5.56 Å². The molecule has 21 heavy (non-hydrogen) atoms. The molecule has 7 heteroatoms. The summed E-state index contributed by atoms with van der Waals surface area (Å²) in [5.74, 6) is -0.811. The van der Waals surface area contributed by atoms with Crippen LogP contribution in [0.4, 0.5) is 23.2 Å². The second-order valence-electron chi connectivity index (χ2n) is 4.13. The van der Waals surface area contributed by atoms with E-state index in [2.05, 4.69) is 26.0 Å². The Kier molecular flexibility index (Phi) is 4.72. The van der Waals surface area contributed by atoms with Gasteiger partial charge in [-0.1, -0.05) is 34.1 Å². The molecule has 0 aliphatic carbocycles. The van der Waals surface area contributed by atoms with Crippen molar-refractivity contribution >= 4 is 21.6 Å². The number of hydrogen-bond donors (Lipinski definition) is 1. The number of ether oxygens (including phenoxy) is 1. The van der Waals surface area contributed by atoms with Crippen LogP contribution in [0, 0.1) is 5.82 Å². The molecule has 0 aromatic heterocycles. The third-order valence-corrected chi connectivity index (χ3v) is 3.09. The Hall–Kier alpha value is -1.76. The number of anilines is 1. The molecule has 2 aromatic carbocycles. The molecule has 0 saturated heterocycles. The van der Waals surface area contributed by atoms with Crippen molar-refractivity contribution in [2.45, 2.75) is 12.9 Å². The Balaban J connectivity index is 2.18. The highest BCUT2D eigenvalue weighted by Gasteiger charge is 2.32. The summed E-state index contributed by atoms with van der Waals surface area (Å²) in [5, 5.41) is 2.73. The predicted molar refractivity (Wildman–Crippen MR) is 74.6 cm³/mol. The lowest BCUT2D eigenvalue weighted by Crippen LogP contribution is -2.18. The van der Waals surface area contributed by atoms with E-state index in [-0.39, 0.29) is 18.0 Å². The SMILES string of the molecule is Fc1ccccc1CNc1ccc(Br)cc1OC(F)(F)F. The van der Waals surface area contributed by atoms with Crippen molar-refractivity contribution in [3.63, 3.8) is 0 Å². The molecule has 2 rings (SSSR count). The molecule has 0 fully saturated rings. The van der Waals surface area contributed by atoms with Gasteiger partial charge in [0.15, 0.2) is 5.75 Å². The van der Waals surface area contributed by atoms with E-state index >= 15 is 0 Å². The van der Waals surface area contributed by atoms with E-state index in [1.807, 2.05) is 0 Å². The molecule has 112 valence electrons. The van der Waals surface area contributed by atoms with Crippen molar-refractivity contribution < 1.29 is 22.3 Å². The highest BCUT2D eigenvalue weighted by molar-refractivity contribution is 9.10. The van der Waals surface area contributed by atoms with Gasteiger partial charge in [-0.15, -0.1) is 13.2 Å². The Labute approximate surface area is 126 Å². The Morgan fingerprint density at radius 1 is 1.10 bits per heavy atom. The number of hydrogen-bond acceptors (Lipinski definition) is 2. The Morgan fingerprint density at radius 2 is 1.81 bits per heavy atom. The van der Waals surface area contributed by atoms with Crippen LogP contribution in [0.5, 0.6) is 5.75 Å². The van der Waals surface area contributed by atoms with E-state index in [1.54, 1.807) is 18.2 Å². The lowest BCUT2D eigenvalue weighted by molar-refractivity contribution is -0.274. The minimum atomic E-state index is -4.80. The van der Waals surface area contributed by atoms with E-state index in [0.717, 1.165) is 0 Å². The topological polar surface area (TPSA) is 21.3 Å². The maximum Gasteiger partial charge on any atom is 0.573 e. The van der Waals surface area contributed by atoms with Crippen molar-refractivity contribution in [1.82, 2.24) is 0 Å². The molecule has 0 atom stereocenters. The fraction of sp³-hybridized carbons (Fsp3) is 0.143. The van der Waals surface area contributed by atoms with Gasteiger partial charge in [0, 0.05) is 16.6 Å². The van der Waals surface area contributed by atoms with Gasteiger partial charge in [0.25, 0.3) is 0 Å². The normalized spacial score (nSPS) is 11.3. The molecule has 2 nitrogen and oxygen atoms in total. The van der Waals surface area contributed by atoms with Crippen LogP contribution < -0.4 is 10.1 Å². The number of halogens is 5.